The third-order valence-corrected chi connectivity index (χ3v) is 3.61. The summed E-state index contributed by atoms with van der Waals surface area (Å²) in [6, 6.07) is 10.7. The lowest BCUT2D eigenvalue weighted by molar-refractivity contribution is -0.138. The Hall–Kier alpha value is -1.49. The van der Waals surface area contributed by atoms with Crippen molar-refractivity contribution in [3.63, 3.8) is 0 Å². The molecule has 1 N–H and O–H groups in total. The first-order chi connectivity index (χ1) is 8.58. The number of hydrogen-bond donors (Lipinski definition) is 1. The number of aliphatic carboxylic acids is 1. The molecule has 0 saturated carbocycles. The normalized spacial score (nSPS) is 25.1. The van der Waals surface area contributed by atoms with Crippen molar-refractivity contribution in [3.8, 4) is 0 Å². The Morgan fingerprint density at radius 1 is 1.39 bits per heavy atom. The molecule has 1 aromatic rings. The zero-order chi connectivity index (χ0) is 13.1. The fourth-order valence-corrected chi connectivity index (χ4v) is 2.61. The predicted molar refractivity (Wildman–Crippen MR) is 74.5 cm³/mol. The van der Waals surface area contributed by atoms with E-state index in [0.717, 1.165) is 13.1 Å². The molecule has 96 valence electrons. The van der Waals surface area contributed by atoms with Crippen molar-refractivity contribution < 1.29 is 9.90 Å². The second kappa shape index (κ2) is 5.44. The molecule has 0 amide bonds. The lowest BCUT2D eigenvalue weighted by Crippen LogP contribution is -2.57. The Kier molecular flexibility index (Phi) is 3.92. The van der Waals surface area contributed by atoms with Gasteiger partial charge in [-0.25, -0.2) is 0 Å². The average Bonchev–Trinajstić information content (AvgIpc) is 2.33. The lowest BCUT2D eigenvalue weighted by atomic mass is 10.00. The maximum Gasteiger partial charge on any atom is 0.304 e. The van der Waals surface area contributed by atoms with Crippen LogP contribution in [0, 0.1) is 0 Å². The Morgan fingerprint density at radius 2 is 2.06 bits per heavy atom. The molecule has 4 nitrogen and oxygen atoms in total. The maximum absolute atomic E-state index is 10.9. The number of para-hydroxylation sites is 1. The summed E-state index contributed by atoms with van der Waals surface area (Å²) in [4.78, 5) is 15.3. The van der Waals surface area contributed by atoms with Crippen LogP contribution in [0.1, 0.15) is 13.3 Å². The molecule has 1 aliphatic heterocycles. The smallest absolute Gasteiger partial charge is 0.304 e. The monoisotopic (exact) mass is 246 g/mol. The van der Waals surface area contributed by atoms with Gasteiger partial charge in [-0.05, 0) is 19.1 Å². The average molecular weight is 246 g/mol. The topological polar surface area (TPSA) is 43.8 Å². The quantitative estimate of drug-likeness (QED) is 0.793. The van der Waals surface area contributed by atoms with E-state index in [1.807, 2.05) is 26.2 Å². The summed E-state index contributed by atoms with van der Waals surface area (Å²) in [5.74, 6) is -0.727. The Balaban J connectivity index is 2.13. The van der Waals surface area contributed by atoms with Gasteiger partial charge in [-0.15, -0.1) is 0 Å². The van der Waals surface area contributed by atoms with Crippen molar-refractivity contribution in [3.05, 3.63) is 30.3 Å². The van der Waals surface area contributed by atoms with Crippen LogP contribution in [0.25, 0.3) is 0 Å². The van der Waals surface area contributed by atoms with Crippen molar-refractivity contribution in [2.75, 3.05) is 18.0 Å². The summed E-state index contributed by atoms with van der Waals surface area (Å²) in [5, 5.41) is 8.96. The van der Waals surface area contributed by atoms with E-state index < -0.39 is 5.97 Å². The number of piperazine rings is 1. The van der Waals surface area contributed by atoms with Gasteiger partial charge >= 0.3 is 5.97 Å². The van der Waals surface area contributed by atoms with Crippen molar-refractivity contribution >= 4 is 19.6 Å². The summed E-state index contributed by atoms with van der Waals surface area (Å²) in [6.45, 7) is 3.85. The van der Waals surface area contributed by atoms with Crippen LogP contribution in [-0.4, -0.2) is 49.0 Å². The van der Waals surface area contributed by atoms with Gasteiger partial charge in [0, 0.05) is 30.9 Å². The van der Waals surface area contributed by atoms with Crippen molar-refractivity contribution in [2.24, 2.45) is 0 Å². The number of carboxylic acids is 1. The number of benzene rings is 1. The molecule has 5 heteroatoms. The van der Waals surface area contributed by atoms with E-state index in [-0.39, 0.29) is 12.5 Å². The molecule has 2 rings (SSSR count). The highest BCUT2D eigenvalue weighted by Gasteiger charge is 2.30. The molecule has 0 spiro atoms. The largest absolute Gasteiger partial charge is 0.481 e. The van der Waals surface area contributed by atoms with Gasteiger partial charge in [0.1, 0.15) is 0 Å². The van der Waals surface area contributed by atoms with Crippen LogP contribution in [0.2, 0.25) is 0 Å². The second-order valence-corrected chi connectivity index (χ2v) is 5.03. The van der Waals surface area contributed by atoms with Gasteiger partial charge in [-0.3, -0.25) is 4.79 Å². The molecule has 1 aliphatic rings. The van der Waals surface area contributed by atoms with Crippen LogP contribution in [0.15, 0.2) is 30.3 Å². The van der Waals surface area contributed by atoms with Gasteiger partial charge in [0.05, 0.1) is 6.42 Å². The summed E-state index contributed by atoms with van der Waals surface area (Å²) in [5.41, 5.74) is 1.17. The molecule has 1 heterocycles. The van der Waals surface area contributed by atoms with E-state index in [9.17, 15) is 4.79 Å². The van der Waals surface area contributed by atoms with Gasteiger partial charge in [-0.2, -0.15) is 0 Å². The van der Waals surface area contributed by atoms with Gasteiger partial charge in [0.15, 0.2) is 7.98 Å². The van der Waals surface area contributed by atoms with E-state index in [4.69, 9.17) is 5.11 Å². The molecule has 1 aromatic carbocycles. The number of nitrogens with zero attached hydrogens (tertiary/aromatic N) is 2. The second-order valence-electron chi connectivity index (χ2n) is 5.03. The Bertz CT molecular complexity index is 413. The third kappa shape index (κ3) is 2.85. The minimum Gasteiger partial charge on any atom is -0.481 e. The Labute approximate surface area is 109 Å². The summed E-state index contributed by atoms with van der Waals surface area (Å²) >= 11 is 0. The molecule has 18 heavy (non-hydrogen) atoms. The highest BCUT2D eigenvalue weighted by Crippen LogP contribution is 2.23. The molecule has 1 fully saturated rings. The number of carboxylic acid groups (broad SMARTS) is 1. The van der Waals surface area contributed by atoms with Crippen LogP contribution in [0.4, 0.5) is 5.69 Å². The zero-order valence-electron chi connectivity index (χ0n) is 10.9. The van der Waals surface area contributed by atoms with Gasteiger partial charge < -0.3 is 14.8 Å². The molecule has 2 atom stereocenters. The number of anilines is 1. The summed E-state index contributed by atoms with van der Waals surface area (Å²) in [6.07, 6.45) is 0.201. The van der Waals surface area contributed by atoms with E-state index in [1.165, 1.54) is 5.69 Å². The number of rotatable bonds is 3. The fraction of sp³-hybridized carbons (Fsp3) is 0.462. The molecule has 0 radical (unpaired) electrons. The molecular formula is C13H19BN2O2. The molecule has 0 bridgehead atoms. The first-order valence-corrected chi connectivity index (χ1v) is 6.31. The number of hydrogen-bond acceptors (Lipinski definition) is 3. The van der Waals surface area contributed by atoms with E-state index >= 15 is 0 Å². The van der Waals surface area contributed by atoms with E-state index in [2.05, 4.69) is 28.8 Å². The van der Waals surface area contributed by atoms with Crippen molar-refractivity contribution in [1.29, 1.82) is 0 Å². The van der Waals surface area contributed by atoms with Crippen LogP contribution >= 0.6 is 0 Å². The van der Waals surface area contributed by atoms with E-state index in [1.54, 1.807) is 0 Å². The first kappa shape index (κ1) is 13.0. The fourth-order valence-electron chi connectivity index (χ4n) is 2.61. The first-order valence-electron chi connectivity index (χ1n) is 6.31. The highest BCUT2D eigenvalue weighted by atomic mass is 16.4. The maximum atomic E-state index is 10.9. The highest BCUT2D eigenvalue weighted by molar-refractivity contribution is 6.05. The van der Waals surface area contributed by atoms with Crippen molar-refractivity contribution in [1.82, 2.24) is 4.81 Å². The van der Waals surface area contributed by atoms with Crippen LogP contribution in [0.3, 0.4) is 0 Å². The van der Waals surface area contributed by atoms with Gasteiger partial charge in [-0.1, -0.05) is 18.2 Å². The van der Waals surface area contributed by atoms with Crippen molar-refractivity contribution in [2.45, 2.75) is 25.4 Å². The van der Waals surface area contributed by atoms with Crippen LogP contribution in [0.5, 0.6) is 0 Å². The number of carbonyl (C=O) groups is 1. The zero-order valence-corrected chi connectivity index (χ0v) is 10.9. The molecule has 1 saturated heterocycles. The van der Waals surface area contributed by atoms with Gasteiger partial charge in [0.2, 0.25) is 0 Å². The van der Waals surface area contributed by atoms with Crippen LogP contribution in [-0.2, 0) is 4.79 Å². The predicted octanol–water partition coefficient (Wildman–Crippen LogP) is 0.588. The summed E-state index contributed by atoms with van der Waals surface area (Å²) in [7, 11) is 2.01. The van der Waals surface area contributed by atoms with Crippen LogP contribution < -0.4 is 4.90 Å². The molecule has 0 unspecified atom stereocenters. The molecule has 0 aromatic heterocycles. The SMILES string of the molecule is BN1C[C@H](C)N(c2ccccc2)C[C@@H]1CC(=O)O. The van der Waals surface area contributed by atoms with E-state index in [0.29, 0.717) is 6.04 Å². The summed E-state index contributed by atoms with van der Waals surface area (Å²) < 4.78 is 0. The minimum absolute atomic E-state index is 0.0823. The molecule has 0 aliphatic carbocycles. The molecular weight excluding hydrogens is 227 g/mol. The van der Waals surface area contributed by atoms with Gasteiger partial charge in [0.25, 0.3) is 0 Å². The third-order valence-electron chi connectivity index (χ3n) is 3.61. The standard InChI is InChI=1S/C13H19BN2O2/c1-10-8-16(14)12(7-13(17)18)9-15(10)11-5-3-2-4-6-11/h2-6,10,12H,7-9,14H2,1H3,(H,17,18)/t10-,12-/m0/s1. The Morgan fingerprint density at radius 3 is 2.67 bits per heavy atom. The minimum atomic E-state index is -0.727. The lowest BCUT2D eigenvalue weighted by Gasteiger charge is -2.45.